The molecule has 1 aliphatic heterocycles. The molecule has 1 aliphatic rings. The van der Waals surface area contributed by atoms with Gasteiger partial charge in [-0.1, -0.05) is 19.1 Å². The first-order valence-corrected chi connectivity index (χ1v) is 11.3. The maximum Gasteiger partial charge on any atom is 0.326 e. The van der Waals surface area contributed by atoms with Crippen molar-refractivity contribution in [3.8, 4) is 17.2 Å². The molecule has 1 aromatic heterocycles. The van der Waals surface area contributed by atoms with E-state index in [0.29, 0.717) is 22.8 Å². The van der Waals surface area contributed by atoms with Crippen LogP contribution in [0.1, 0.15) is 38.0 Å². The number of piperidine rings is 1. The molecule has 0 radical (unpaired) electrons. The van der Waals surface area contributed by atoms with Gasteiger partial charge in [0.2, 0.25) is 5.75 Å². The topological polar surface area (TPSA) is 89.0 Å². The summed E-state index contributed by atoms with van der Waals surface area (Å²) in [5.74, 6) is 1.78. The molecule has 8 heteroatoms. The highest BCUT2D eigenvalue weighted by Gasteiger charge is 2.34. The van der Waals surface area contributed by atoms with E-state index in [2.05, 4.69) is 16.8 Å². The number of aliphatic hydroxyl groups is 1. The zero-order valence-electron chi connectivity index (χ0n) is 19.9. The smallest absolute Gasteiger partial charge is 0.326 e. The fraction of sp³-hybridized carbons (Fsp3) is 0.480. The minimum atomic E-state index is -0.738. The molecule has 0 aliphatic carbocycles. The van der Waals surface area contributed by atoms with Crippen LogP contribution in [0, 0.1) is 5.92 Å². The molecule has 2 heterocycles. The van der Waals surface area contributed by atoms with E-state index in [-0.39, 0.29) is 23.7 Å². The van der Waals surface area contributed by atoms with Gasteiger partial charge < -0.3 is 24.3 Å². The molecular formula is C25H33N3O5. The third-order valence-electron chi connectivity index (χ3n) is 6.91. The molecule has 8 nitrogen and oxygen atoms in total. The molecular weight excluding hydrogens is 422 g/mol. The second-order valence-corrected chi connectivity index (χ2v) is 8.79. The van der Waals surface area contributed by atoms with Crippen LogP contribution >= 0.6 is 0 Å². The fourth-order valence-corrected chi connectivity index (χ4v) is 5.07. The summed E-state index contributed by atoms with van der Waals surface area (Å²) in [6.07, 6.45) is 0.0909. The van der Waals surface area contributed by atoms with E-state index in [9.17, 15) is 9.90 Å². The van der Waals surface area contributed by atoms with E-state index in [4.69, 9.17) is 14.2 Å². The number of benzene rings is 2. The number of rotatable bonds is 7. The molecule has 2 aromatic carbocycles. The van der Waals surface area contributed by atoms with Gasteiger partial charge in [-0.25, -0.2) is 4.79 Å². The Hall–Kier alpha value is -2.97. The minimum Gasteiger partial charge on any atom is -0.493 e. The molecule has 0 amide bonds. The van der Waals surface area contributed by atoms with E-state index in [0.717, 1.165) is 30.5 Å². The standard InChI is InChI=1S/C25H33N3O5/c1-15-14-27(11-10-19(15)28-20-9-7-6-8-18(20)26-25(28)30)16(2)23(29)17-12-21(31-3)24(33-5)22(13-17)32-4/h6-9,12-13,15-16,19,23,29H,10-11,14H2,1-5H3,(H,26,30). The summed E-state index contributed by atoms with van der Waals surface area (Å²) in [7, 11) is 4.69. The Morgan fingerprint density at radius 1 is 1.09 bits per heavy atom. The number of methoxy groups -OCH3 is 3. The third kappa shape index (κ3) is 4.20. The average Bonchev–Trinajstić information content (AvgIpc) is 3.17. The normalized spacial score (nSPS) is 21.0. The lowest BCUT2D eigenvalue weighted by atomic mass is 9.90. The van der Waals surface area contributed by atoms with Crippen molar-refractivity contribution in [3.63, 3.8) is 0 Å². The number of fused-ring (bicyclic) bond motifs is 1. The highest BCUT2D eigenvalue weighted by Crippen LogP contribution is 2.41. The number of likely N-dealkylation sites (tertiary alicyclic amines) is 1. The first-order valence-electron chi connectivity index (χ1n) is 11.3. The highest BCUT2D eigenvalue weighted by atomic mass is 16.5. The van der Waals surface area contributed by atoms with Gasteiger partial charge in [-0.3, -0.25) is 9.47 Å². The Balaban J connectivity index is 1.53. The number of aromatic amines is 1. The maximum atomic E-state index is 12.7. The summed E-state index contributed by atoms with van der Waals surface area (Å²) < 4.78 is 18.2. The number of H-pyrrole nitrogens is 1. The number of imidazole rings is 1. The van der Waals surface area contributed by atoms with Crippen LogP contribution in [-0.4, -0.2) is 60.0 Å². The molecule has 0 saturated carbocycles. The zero-order valence-corrected chi connectivity index (χ0v) is 19.9. The van der Waals surface area contributed by atoms with Crippen molar-refractivity contribution in [2.75, 3.05) is 34.4 Å². The molecule has 3 aromatic rings. The first-order chi connectivity index (χ1) is 15.9. The van der Waals surface area contributed by atoms with Crippen molar-refractivity contribution < 1.29 is 19.3 Å². The Bertz CT molecular complexity index is 1150. The highest BCUT2D eigenvalue weighted by molar-refractivity contribution is 5.75. The van der Waals surface area contributed by atoms with E-state index >= 15 is 0 Å². The lowest BCUT2D eigenvalue weighted by Crippen LogP contribution is -2.47. The van der Waals surface area contributed by atoms with Crippen LogP contribution < -0.4 is 19.9 Å². The summed E-state index contributed by atoms with van der Waals surface area (Å²) in [4.78, 5) is 17.9. The average molecular weight is 456 g/mol. The van der Waals surface area contributed by atoms with Crippen molar-refractivity contribution in [3.05, 3.63) is 52.4 Å². The largest absolute Gasteiger partial charge is 0.493 e. The number of aliphatic hydroxyl groups excluding tert-OH is 1. The van der Waals surface area contributed by atoms with Crippen LogP contribution in [0.2, 0.25) is 0 Å². The van der Waals surface area contributed by atoms with Gasteiger partial charge in [0.25, 0.3) is 0 Å². The number of hydrogen-bond donors (Lipinski definition) is 2. The van der Waals surface area contributed by atoms with Gasteiger partial charge in [-0.05, 0) is 49.1 Å². The van der Waals surface area contributed by atoms with E-state index in [1.807, 2.05) is 35.8 Å². The van der Waals surface area contributed by atoms with E-state index < -0.39 is 6.10 Å². The van der Waals surface area contributed by atoms with Crippen LogP contribution in [0.15, 0.2) is 41.2 Å². The van der Waals surface area contributed by atoms with Crippen molar-refractivity contribution in [2.45, 2.75) is 38.5 Å². The predicted molar refractivity (Wildman–Crippen MR) is 127 cm³/mol. The maximum absolute atomic E-state index is 12.7. The van der Waals surface area contributed by atoms with Gasteiger partial charge in [-0.2, -0.15) is 0 Å². The van der Waals surface area contributed by atoms with Crippen LogP contribution in [-0.2, 0) is 0 Å². The lowest BCUT2D eigenvalue weighted by Gasteiger charge is -2.41. The molecule has 4 atom stereocenters. The number of hydrogen-bond acceptors (Lipinski definition) is 6. The van der Waals surface area contributed by atoms with Crippen LogP contribution in [0.3, 0.4) is 0 Å². The molecule has 178 valence electrons. The van der Waals surface area contributed by atoms with Gasteiger partial charge >= 0.3 is 5.69 Å². The van der Waals surface area contributed by atoms with Crippen molar-refractivity contribution in [1.29, 1.82) is 0 Å². The third-order valence-corrected chi connectivity index (χ3v) is 6.91. The van der Waals surface area contributed by atoms with Gasteiger partial charge in [0, 0.05) is 25.2 Å². The molecule has 1 fully saturated rings. The summed E-state index contributed by atoms with van der Waals surface area (Å²) in [5.41, 5.74) is 2.45. The van der Waals surface area contributed by atoms with E-state index in [1.165, 1.54) is 0 Å². The molecule has 2 N–H and O–H groups in total. The summed E-state index contributed by atoms with van der Waals surface area (Å²) in [5, 5.41) is 11.2. The Labute approximate surface area is 193 Å². The summed E-state index contributed by atoms with van der Waals surface area (Å²) >= 11 is 0. The molecule has 4 unspecified atom stereocenters. The van der Waals surface area contributed by atoms with E-state index in [1.54, 1.807) is 33.5 Å². The van der Waals surface area contributed by atoms with Crippen molar-refractivity contribution >= 4 is 11.0 Å². The first kappa shape index (κ1) is 23.2. The monoisotopic (exact) mass is 455 g/mol. The molecule has 0 spiro atoms. The Morgan fingerprint density at radius 2 is 1.76 bits per heavy atom. The number of nitrogens with zero attached hydrogens (tertiary/aromatic N) is 2. The predicted octanol–water partition coefficient (Wildman–Crippen LogP) is 3.36. The zero-order chi connectivity index (χ0) is 23.7. The molecule has 33 heavy (non-hydrogen) atoms. The molecule has 4 rings (SSSR count). The van der Waals surface area contributed by atoms with Crippen LogP contribution in [0.4, 0.5) is 0 Å². The number of aromatic nitrogens is 2. The number of nitrogens with one attached hydrogen (secondary N) is 1. The second-order valence-electron chi connectivity index (χ2n) is 8.79. The number of ether oxygens (including phenoxy) is 3. The summed E-state index contributed by atoms with van der Waals surface area (Å²) in [6, 6.07) is 11.4. The van der Waals surface area contributed by atoms with Crippen LogP contribution in [0.25, 0.3) is 11.0 Å². The quantitative estimate of drug-likeness (QED) is 0.568. The van der Waals surface area contributed by atoms with Crippen molar-refractivity contribution in [2.24, 2.45) is 5.92 Å². The second kappa shape index (κ2) is 9.49. The lowest BCUT2D eigenvalue weighted by molar-refractivity contribution is 0.0214. The molecule has 1 saturated heterocycles. The Morgan fingerprint density at radius 3 is 2.36 bits per heavy atom. The van der Waals surface area contributed by atoms with Crippen molar-refractivity contribution in [1.82, 2.24) is 14.5 Å². The van der Waals surface area contributed by atoms with Crippen LogP contribution in [0.5, 0.6) is 17.2 Å². The Kier molecular flexibility index (Phi) is 6.67. The fourth-order valence-electron chi connectivity index (χ4n) is 5.07. The SMILES string of the molecule is COc1cc(C(O)C(C)N2CCC(n3c(=O)[nH]c4ccccc43)C(C)C2)cc(OC)c1OC. The van der Waals surface area contributed by atoms with Gasteiger partial charge in [0.15, 0.2) is 11.5 Å². The molecule has 0 bridgehead atoms. The summed E-state index contributed by atoms with van der Waals surface area (Å²) in [6.45, 7) is 5.76. The van der Waals surface area contributed by atoms with Gasteiger partial charge in [-0.15, -0.1) is 0 Å². The van der Waals surface area contributed by atoms with Gasteiger partial charge in [0.1, 0.15) is 0 Å². The number of para-hydroxylation sites is 2. The minimum absolute atomic E-state index is 0.0630. The van der Waals surface area contributed by atoms with Gasteiger partial charge in [0.05, 0.1) is 38.5 Å².